The number of carboxylic acid groups (broad SMARTS) is 1. The number of nitrogens with zero attached hydrogens (tertiary/aromatic N) is 1. The fraction of sp³-hybridized carbons (Fsp3) is 0.467. The highest BCUT2D eigenvalue weighted by atomic mass is 35.5. The van der Waals surface area contributed by atoms with Crippen molar-refractivity contribution in [2.75, 3.05) is 18.4 Å². The Bertz CT molecular complexity index is 538. The van der Waals surface area contributed by atoms with Gasteiger partial charge in [0.25, 0.3) is 0 Å². The SMILES string of the molecule is Cc1ccc(NC(=O)CN(CC(=O)O)C(C)(C)C)c(Cl)c1. The van der Waals surface area contributed by atoms with Crippen molar-refractivity contribution >= 4 is 29.2 Å². The first-order chi connectivity index (χ1) is 9.59. The van der Waals surface area contributed by atoms with Crippen molar-refractivity contribution < 1.29 is 14.7 Å². The van der Waals surface area contributed by atoms with Gasteiger partial charge in [0.15, 0.2) is 0 Å². The van der Waals surface area contributed by atoms with Crippen LogP contribution in [0.4, 0.5) is 5.69 Å². The van der Waals surface area contributed by atoms with E-state index in [2.05, 4.69) is 5.32 Å². The molecule has 2 N–H and O–H groups in total. The van der Waals surface area contributed by atoms with Gasteiger partial charge in [-0.05, 0) is 45.4 Å². The maximum Gasteiger partial charge on any atom is 0.317 e. The van der Waals surface area contributed by atoms with Crippen molar-refractivity contribution in [3.05, 3.63) is 28.8 Å². The third kappa shape index (κ3) is 5.73. The maximum absolute atomic E-state index is 12.1. The largest absolute Gasteiger partial charge is 0.480 e. The first kappa shape index (κ1) is 17.5. The number of nitrogens with one attached hydrogen (secondary N) is 1. The van der Waals surface area contributed by atoms with Gasteiger partial charge >= 0.3 is 5.97 Å². The number of carboxylic acids is 1. The molecule has 0 spiro atoms. The van der Waals surface area contributed by atoms with Gasteiger partial charge in [0, 0.05) is 5.54 Å². The van der Waals surface area contributed by atoms with Crippen molar-refractivity contribution in [3.8, 4) is 0 Å². The molecule has 0 fully saturated rings. The van der Waals surface area contributed by atoms with Crippen LogP contribution in [0.3, 0.4) is 0 Å². The molecule has 1 rings (SSSR count). The van der Waals surface area contributed by atoms with Gasteiger partial charge in [-0.1, -0.05) is 17.7 Å². The molecule has 0 unspecified atom stereocenters. The van der Waals surface area contributed by atoms with Gasteiger partial charge in [-0.2, -0.15) is 0 Å². The second-order valence-electron chi connectivity index (χ2n) is 5.95. The molecule has 0 aliphatic carbocycles. The summed E-state index contributed by atoms with van der Waals surface area (Å²) in [5.74, 6) is -1.26. The third-order valence-corrected chi connectivity index (χ3v) is 3.32. The van der Waals surface area contributed by atoms with Crippen LogP contribution in [0.25, 0.3) is 0 Å². The van der Waals surface area contributed by atoms with Crippen LogP contribution < -0.4 is 5.32 Å². The Labute approximate surface area is 129 Å². The lowest BCUT2D eigenvalue weighted by atomic mass is 10.1. The Morgan fingerprint density at radius 3 is 2.38 bits per heavy atom. The van der Waals surface area contributed by atoms with Crippen molar-refractivity contribution in [2.45, 2.75) is 33.2 Å². The minimum Gasteiger partial charge on any atom is -0.480 e. The summed E-state index contributed by atoms with van der Waals surface area (Å²) in [5.41, 5.74) is 1.10. The van der Waals surface area contributed by atoms with E-state index in [4.69, 9.17) is 16.7 Å². The minimum absolute atomic E-state index is 0.0139. The number of aliphatic carboxylic acids is 1. The summed E-state index contributed by atoms with van der Waals surface area (Å²) in [5, 5.41) is 12.1. The number of rotatable bonds is 5. The molecule has 1 aromatic carbocycles. The molecule has 21 heavy (non-hydrogen) atoms. The molecule has 0 aromatic heterocycles. The van der Waals surface area contributed by atoms with Crippen LogP contribution in [0.15, 0.2) is 18.2 Å². The number of anilines is 1. The fourth-order valence-electron chi connectivity index (χ4n) is 1.78. The number of aryl methyl sites for hydroxylation is 1. The lowest BCUT2D eigenvalue weighted by Crippen LogP contribution is -2.48. The highest BCUT2D eigenvalue weighted by Gasteiger charge is 2.25. The van der Waals surface area contributed by atoms with E-state index in [1.165, 1.54) is 0 Å². The van der Waals surface area contributed by atoms with Crippen molar-refractivity contribution in [3.63, 3.8) is 0 Å². The molecular formula is C15H21ClN2O3. The fourth-order valence-corrected chi connectivity index (χ4v) is 2.06. The van der Waals surface area contributed by atoms with Gasteiger partial charge < -0.3 is 10.4 Å². The van der Waals surface area contributed by atoms with Gasteiger partial charge in [-0.25, -0.2) is 0 Å². The Morgan fingerprint density at radius 1 is 1.29 bits per heavy atom. The molecular weight excluding hydrogens is 292 g/mol. The van der Waals surface area contributed by atoms with E-state index in [0.29, 0.717) is 10.7 Å². The van der Waals surface area contributed by atoms with E-state index in [0.717, 1.165) is 5.56 Å². The molecule has 0 atom stereocenters. The molecule has 0 saturated heterocycles. The molecule has 0 heterocycles. The van der Waals surface area contributed by atoms with Gasteiger partial charge in [0.2, 0.25) is 5.91 Å². The Balaban J connectivity index is 2.76. The lowest BCUT2D eigenvalue weighted by molar-refractivity contribution is -0.140. The number of carbonyl (C=O) groups is 2. The molecule has 116 valence electrons. The molecule has 1 aromatic rings. The third-order valence-electron chi connectivity index (χ3n) is 3.01. The van der Waals surface area contributed by atoms with Crippen LogP contribution in [0, 0.1) is 6.92 Å². The van der Waals surface area contributed by atoms with E-state index in [1.54, 1.807) is 17.0 Å². The number of hydrogen-bond acceptors (Lipinski definition) is 3. The summed E-state index contributed by atoms with van der Waals surface area (Å²) in [4.78, 5) is 24.6. The van der Waals surface area contributed by atoms with Gasteiger partial charge in [0.05, 0.1) is 23.8 Å². The van der Waals surface area contributed by atoms with Crippen LogP contribution in [0.5, 0.6) is 0 Å². The van der Waals surface area contributed by atoms with Crippen molar-refractivity contribution in [2.24, 2.45) is 0 Å². The molecule has 0 saturated carbocycles. The van der Waals surface area contributed by atoms with Crippen LogP contribution in [-0.4, -0.2) is 40.5 Å². The Kier molecular flexibility index (Phi) is 5.75. The zero-order valence-electron chi connectivity index (χ0n) is 12.7. The van der Waals surface area contributed by atoms with Gasteiger partial charge in [-0.3, -0.25) is 14.5 Å². The molecule has 0 aliphatic rings. The monoisotopic (exact) mass is 312 g/mol. The molecule has 0 bridgehead atoms. The Morgan fingerprint density at radius 2 is 1.90 bits per heavy atom. The number of carbonyl (C=O) groups excluding carboxylic acids is 1. The van der Waals surface area contributed by atoms with Crippen LogP contribution in [0.2, 0.25) is 5.02 Å². The molecule has 0 aliphatic heterocycles. The number of hydrogen-bond donors (Lipinski definition) is 2. The summed E-state index contributed by atoms with van der Waals surface area (Å²) in [7, 11) is 0. The van der Waals surface area contributed by atoms with Gasteiger partial charge in [-0.15, -0.1) is 0 Å². The van der Waals surface area contributed by atoms with E-state index < -0.39 is 11.5 Å². The summed E-state index contributed by atoms with van der Waals surface area (Å²) in [6.45, 7) is 7.29. The summed E-state index contributed by atoms with van der Waals surface area (Å²) >= 11 is 6.06. The van der Waals surface area contributed by atoms with Crippen LogP contribution in [-0.2, 0) is 9.59 Å². The van der Waals surface area contributed by atoms with Crippen molar-refractivity contribution in [1.29, 1.82) is 0 Å². The lowest BCUT2D eigenvalue weighted by Gasteiger charge is -2.33. The number of halogens is 1. The zero-order valence-corrected chi connectivity index (χ0v) is 13.5. The first-order valence-corrected chi connectivity index (χ1v) is 7.00. The van der Waals surface area contributed by atoms with E-state index in [1.807, 2.05) is 33.8 Å². The minimum atomic E-state index is -0.967. The Hall–Kier alpha value is -1.59. The van der Waals surface area contributed by atoms with Crippen molar-refractivity contribution in [1.82, 2.24) is 4.90 Å². The summed E-state index contributed by atoms with van der Waals surface area (Å²) in [6, 6.07) is 5.34. The summed E-state index contributed by atoms with van der Waals surface area (Å²) < 4.78 is 0. The second-order valence-corrected chi connectivity index (χ2v) is 6.36. The second kappa shape index (κ2) is 6.91. The molecule has 0 radical (unpaired) electrons. The summed E-state index contributed by atoms with van der Waals surface area (Å²) in [6.07, 6.45) is 0. The normalized spacial score (nSPS) is 11.5. The number of benzene rings is 1. The molecule has 6 heteroatoms. The van der Waals surface area contributed by atoms with Crippen LogP contribution in [0.1, 0.15) is 26.3 Å². The predicted molar refractivity (Wildman–Crippen MR) is 83.8 cm³/mol. The topological polar surface area (TPSA) is 69.6 Å². The first-order valence-electron chi connectivity index (χ1n) is 6.62. The molecule has 5 nitrogen and oxygen atoms in total. The predicted octanol–water partition coefficient (Wildman–Crippen LogP) is 2.77. The average Bonchev–Trinajstić information content (AvgIpc) is 2.30. The van der Waals surface area contributed by atoms with Crippen LogP contribution >= 0.6 is 11.6 Å². The van der Waals surface area contributed by atoms with E-state index in [-0.39, 0.29) is 19.0 Å². The quantitative estimate of drug-likeness (QED) is 0.877. The standard InChI is InChI=1S/C15H21ClN2O3/c1-10-5-6-12(11(16)7-10)17-13(19)8-18(9-14(20)21)15(2,3)4/h5-7H,8-9H2,1-4H3,(H,17,19)(H,20,21). The average molecular weight is 313 g/mol. The van der Waals surface area contributed by atoms with E-state index in [9.17, 15) is 9.59 Å². The van der Waals surface area contributed by atoms with E-state index >= 15 is 0 Å². The molecule has 1 amide bonds. The van der Waals surface area contributed by atoms with Gasteiger partial charge in [0.1, 0.15) is 0 Å². The zero-order chi connectivity index (χ0) is 16.2. The number of amides is 1. The highest BCUT2D eigenvalue weighted by molar-refractivity contribution is 6.33. The maximum atomic E-state index is 12.1. The highest BCUT2D eigenvalue weighted by Crippen LogP contribution is 2.23. The smallest absolute Gasteiger partial charge is 0.317 e.